The first kappa shape index (κ1) is 23.6. The molecule has 2 unspecified atom stereocenters. The summed E-state index contributed by atoms with van der Waals surface area (Å²) in [6.45, 7) is 0. The minimum atomic E-state index is -3.05. The summed E-state index contributed by atoms with van der Waals surface area (Å²) < 4.78 is 1.33. The quantitative estimate of drug-likeness (QED) is 0.204. The Morgan fingerprint density at radius 3 is 1.20 bits per heavy atom. The zero-order valence-corrected chi connectivity index (χ0v) is 24.9. The zero-order chi connectivity index (χ0) is 21.6. The fraction of sp³-hybridized carbons (Fsp3) is 0.0667. The van der Waals surface area contributed by atoms with Crippen LogP contribution in [-0.4, -0.2) is 10.9 Å². The molecule has 2 atom stereocenters. The molecule has 4 aliphatic rings. The van der Waals surface area contributed by atoms with Crippen LogP contribution < -0.4 is 45.6 Å². The SMILES string of the molecule is C1=C[CH]([Zr+2]2([CH]3C=Cc4ccccc43)=[Si]3c4ccccc4[Si]=2c2ccccc23)c2ccccc21.[Cl-].[Cl-]. The number of halogens is 2. The van der Waals surface area contributed by atoms with Crippen LogP contribution in [0.1, 0.15) is 29.5 Å². The van der Waals surface area contributed by atoms with Crippen molar-refractivity contribution >= 4 is 43.8 Å². The van der Waals surface area contributed by atoms with E-state index in [1.165, 1.54) is 11.1 Å². The molecule has 0 amide bonds. The van der Waals surface area contributed by atoms with Gasteiger partial charge in [0, 0.05) is 0 Å². The van der Waals surface area contributed by atoms with Gasteiger partial charge in [-0.2, -0.15) is 0 Å². The number of rotatable bonds is 2. The van der Waals surface area contributed by atoms with Crippen molar-refractivity contribution < 1.29 is 42.3 Å². The van der Waals surface area contributed by atoms with Crippen molar-refractivity contribution in [3.05, 3.63) is 131 Å². The summed E-state index contributed by atoms with van der Waals surface area (Å²) >= 11 is -3.05. The Balaban J connectivity index is 0.00000114. The second-order valence-electron chi connectivity index (χ2n) is 9.64. The summed E-state index contributed by atoms with van der Waals surface area (Å²) in [5.41, 5.74) is 4.64. The normalized spacial score (nSPS) is 18.7. The summed E-state index contributed by atoms with van der Waals surface area (Å²) in [7, 11) is 0. The van der Waals surface area contributed by atoms with E-state index in [0.29, 0.717) is 7.25 Å². The van der Waals surface area contributed by atoms with Crippen LogP contribution in [0.15, 0.2) is 109 Å². The van der Waals surface area contributed by atoms with Gasteiger partial charge in [0.1, 0.15) is 0 Å². The van der Waals surface area contributed by atoms with Crippen LogP contribution in [0.25, 0.3) is 12.2 Å². The third-order valence-corrected chi connectivity index (χ3v) is 58.1. The monoisotopic (exact) mass is 598 g/mol. The van der Waals surface area contributed by atoms with Crippen molar-refractivity contribution in [3.8, 4) is 0 Å². The molecule has 5 heteroatoms. The van der Waals surface area contributed by atoms with Crippen LogP contribution in [0.3, 0.4) is 0 Å². The summed E-state index contributed by atoms with van der Waals surface area (Å²) in [4.78, 5) is 0. The minimum Gasteiger partial charge on any atom is -1.00 e. The van der Waals surface area contributed by atoms with Crippen LogP contribution >= 0.6 is 0 Å². The van der Waals surface area contributed by atoms with Crippen molar-refractivity contribution in [1.29, 1.82) is 0 Å². The summed E-state index contributed by atoms with van der Waals surface area (Å²) in [5.74, 6) is 0. The van der Waals surface area contributed by atoms with E-state index in [-0.39, 0.29) is 24.8 Å². The molecule has 168 valence electrons. The predicted molar refractivity (Wildman–Crippen MR) is 139 cm³/mol. The molecule has 0 aromatic heterocycles. The number of allylic oxidation sites excluding steroid dienone is 2. The number of fused-ring (bicyclic) bond motifs is 8. The van der Waals surface area contributed by atoms with Gasteiger partial charge in [-0.05, 0) is 0 Å². The molecule has 0 fully saturated rings. The molecular formula is C30H22Cl2Si2Zr. The Kier molecular flexibility index (Phi) is 5.86. The van der Waals surface area contributed by atoms with E-state index in [0.717, 1.165) is 0 Å². The van der Waals surface area contributed by atoms with E-state index in [4.69, 9.17) is 0 Å². The van der Waals surface area contributed by atoms with Gasteiger partial charge in [-0.25, -0.2) is 0 Å². The molecule has 0 nitrogen and oxygen atoms in total. The standard InChI is InChI=1S/C12H8Si2.2C9H7.2ClH.Zr/c1-2-6-10-9(5-1)13-11-7-3-4-8-12(11)14-10;2*1-2-5-9-7-3-6-8(9)4-1;;;/h1-8H;2*1-7H;2*1H;/q;;;;;+2/p-2. The van der Waals surface area contributed by atoms with Crippen molar-refractivity contribution in [2.24, 2.45) is 0 Å². The Hall–Kier alpha value is -1.74. The van der Waals surface area contributed by atoms with Gasteiger partial charge < -0.3 is 24.8 Å². The van der Waals surface area contributed by atoms with Crippen molar-refractivity contribution in [3.63, 3.8) is 0 Å². The predicted octanol–water partition coefficient (Wildman–Crippen LogP) is -2.08. The van der Waals surface area contributed by atoms with Gasteiger partial charge in [0.2, 0.25) is 0 Å². The Morgan fingerprint density at radius 1 is 0.457 bits per heavy atom. The van der Waals surface area contributed by atoms with Crippen LogP contribution in [-0.2, 0) is 17.5 Å². The number of hydrogen-bond acceptors (Lipinski definition) is 0. The number of benzene rings is 4. The van der Waals surface area contributed by atoms with Crippen LogP contribution in [0.4, 0.5) is 0 Å². The minimum absolute atomic E-state index is 0. The third kappa shape index (κ3) is 2.94. The molecule has 0 saturated carbocycles. The Bertz CT molecular complexity index is 1540. The maximum atomic E-state index is 2.67. The largest absolute Gasteiger partial charge is 1.00 e. The Morgan fingerprint density at radius 2 is 0.800 bits per heavy atom. The molecule has 4 aromatic carbocycles. The van der Waals surface area contributed by atoms with E-state index < -0.39 is 28.4 Å². The summed E-state index contributed by atoms with van der Waals surface area (Å²) in [6, 6.07) is 38.0. The van der Waals surface area contributed by atoms with Crippen LogP contribution in [0, 0.1) is 0 Å². The van der Waals surface area contributed by atoms with Crippen molar-refractivity contribution in [1.82, 2.24) is 0 Å². The van der Waals surface area contributed by atoms with Gasteiger partial charge >= 0.3 is 200 Å². The van der Waals surface area contributed by atoms with Crippen LogP contribution in [0.5, 0.6) is 0 Å². The van der Waals surface area contributed by atoms with Gasteiger partial charge in [-0.3, -0.25) is 0 Å². The molecule has 2 aliphatic carbocycles. The van der Waals surface area contributed by atoms with E-state index in [1.54, 1.807) is 31.9 Å². The van der Waals surface area contributed by atoms with Gasteiger partial charge in [0.15, 0.2) is 0 Å². The smallest absolute Gasteiger partial charge is 1.00 e. The van der Waals surface area contributed by atoms with E-state index in [2.05, 4.69) is 121 Å². The maximum absolute atomic E-state index is 3.05. The molecule has 0 N–H and O–H groups in total. The molecule has 0 saturated heterocycles. The van der Waals surface area contributed by atoms with Crippen molar-refractivity contribution in [2.45, 2.75) is 7.25 Å². The maximum Gasteiger partial charge on any atom is -1.00 e. The fourth-order valence-corrected chi connectivity index (χ4v) is 75.9. The first-order valence-corrected chi connectivity index (χ1v) is 25.1. The van der Waals surface area contributed by atoms with E-state index >= 15 is 0 Å². The first-order chi connectivity index (χ1) is 16.4. The third-order valence-electron chi connectivity index (χ3n) is 8.34. The van der Waals surface area contributed by atoms with Gasteiger partial charge in [0.25, 0.3) is 0 Å². The topological polar surface area (TPSA) is 0 Å². The molecular weight excluding hydrogens is 579 g/mol. The van der Waals surface area contributed by atoms with Gasteiger partial charge in [-0.1, -0.05) is 0 Å². The number of hydrogen-bond donors (Lipinski definition) is 0. The first-order valence-electron chi connectivity index (χ1n) is 11.9. The second kappa shape index (κ2) is 8.68. The molecule has 2 aliphatic heterocycles. The molecule has 2 bridgehead atoms. The molecule has 8 rings (SSSR count). The molecule has 35 heavy (non-hydrogen) atoms. The average Bonchev–Trinajstić information content (AvgIpc) is 3.62. The van der Waals surface area contributed by atoms with E-state index in [1.807, 2.05) is 0 Å². The second-order valence-corrected chi connectivity index (χ2v) is 40.7. The zero-order valence-electron chi connectivity index (χ0n) is 19.0. The fourth-order valence-electron chi connectivity index (χ4n) is 7.25. The van der Waals surface area contributed by atoms with Crippen molar-refractivity contribution in [2.75, 3.05) is 0 Å². The molecule has 4 aromatic rings. The molecule has 0 spiro atoms. The van der Waals surface area contributed by atoms with Crippen LogP contribution in [0.2, 0.25) is 0 Å². The summed E-state index contributed by atoms with van der Waals surface area (Å²) in [6.07, 6.45) is 10.3. The van der Waals surface area contributed by atoms with Gasteiger partial charge in [0.05, 0.1) is 0 Å². The van der Waals surface area contributed by atoms with E-state index in [9.17, 15) is 0 Å². The Labute approximate surface area is 223 Å². The average molecular weight is 601 g/mol. The molecule has 2 heterocycles. The molecule has 0 radical (unpaired) electrons. The van der Waals surface area contributed by atoms with Gasteiger partial charge in [-0.15, -0.1) is 0 Å². The summed E-state index contributed by atoms with van der Waals surface area (Å²) in [5, 5.41) is 7.12.